The summed E-state index contributed by atoms with van der Waals surface area (Å²) in [5.41, 5.74) is 6.15. The summed E-state index contributed by atoms with van der Waals surface area (Å²) in [4.78, 5) is 11.4. The highest BCUT2D eigenvalue weighted by Crippen LogP contribution is 2.16. The van der Waals surface area contributed by atoms with Gasteiger partial charge in [-0.05, 0) is 56.5 Å². The van der Waals surface area contributed by atoms with E-state index in [9.17, 15) is 13.2 Å². The van der Waals surface area contributed by atoms with Crippen molar-refractivity contribution in [1.29, 1.82) is 0 Å². The third kappa shape index (κ3) is 4.03. The summed E-state index contributed by atoms with van der Waals surface area (Å²) in [6.45, 7) is 3.93. The Balaban J connectivity index is 2.11. The van der Waals surface area contributed by atoms with Crippen LogP contribution in [-0.4, -0.2) is 34.0 Å². The molecule has 6 nitrogen and oxygen atoms in total. The van der Waals surface area contributed by atoms with E-state index in [2.05, 4.69) is 10.0 Å². The van der Waals surface area contributed by atoms with Crippen LogP contribution in [0.1, 0.15) is 28.8 Å². The number of aryl methyl sites for hydroxylation is 1. The van der Waals surface area contributed by atoms with Gasteiger partial charge in [-0.25, -0.2) is 13.1 Å². The molecule has 0 saturated carbocycles. The van der Waals surface area contributed by atoms with Crippen LogP contribution >= 0.6 is 0 Å². The van der Waals surface area contributed by atoms with E-state index in [4.69, 9.17) is 5.73 Å². The molecule has 1 fully saturated rings. The van der Waals surface area contributed by atoms with Crippen molar-refractivity contribution in [2.45, 2.75) is 24.7 Å². The average molecular weight is 311 g/mol. The Labute approximate surface area is 125 Å². The number of carbonyl (C=O) groups excluding carboxylic acids is 1. The maximum atomic E-state index is 12.3. The number of carbonyl (C=O) groups is 1. The molecule has 1 amide bonds. The number of nitrogens with two attached hydrogens (primary N) is 1. The van der Waals surface area contributed by atoms with E-state index in [1.54, 1.807) is 13.0 Å². The van der Waals surface area contributed by atoms with Gasteiger partial charge in [0.05, 0.1) is 4.90 Å². The second-order valence-electron chi connectivity index (χ2n) is 5.41. The summed E-state index contributed by atoms with van der Waals surface area (Å²) in [5, 5.41) is 3.25. The smallest absolute Gasteiger partial charge is 0.249 e. The molecule has 1 heterocycles. The molecule has 0 radical (unpaired) electrons. The minimum atomic E-state index is -3.62. The summed E-state index contributed by atoms with van der Waals surface area (Å²) in [7, 11) is -3.62. The molecule has 1 saturated heterocycles. The second-order valence-corrected chi connectivity index (χ2v) is 7.17. The molecular weight excluding hydrogens is 290 g/mol. The number of nitrogens with one attached hydrogen (secondary N) is 2. The molecule has 21 heavy (non-hydrogen) atoms. The third-order valence-electron chi connectivity index (χ3n) is 3.75. The maximum absolute atomic E-state index is 12.3. The average Bonchev–Trinajstić information content (AvgIpc) is 2.46. The van der Waals surface area contributed by atoms with E-state index in [1.165, 1.54) is 12.1 Å². The highest BCUT2D eigenvalue weighted by molar-refractivity contribution is 7.89. The van der Waals surface area contributed by atoms with Gasteiger partial charge in [-0.2, -0.15) is 0 Å². The summed E-state index contributed by atoms with van der Waals surface area (Å²) in [6, 6.07) is 4.42. The quantitative estimate of drug-likeness (QED) is 0.731. The predicted octanol–water partition coefficient (Wildman–Crippen LogP) is 0.372. The number of benzene rings is 1. The minimum absolute atomic E-state index is 0.0747. The van der Waals surface area contributed by atoms with Crippen LogP contribution in [0.25, 0.3) is 0 Å². The Kier molecular flexibility index (Phi) is 4.97. The van der Waals surface area contributed by atoms with Crippen LogP contribution < -0.4 is 15.8 Å². The lowest BCUT2D eigenvalue weighted by atomic mass is 10.0. The Morgan fingerprint density at radius 2 is 2.24 bits per heavy atom. The van der Waals surface area contributed by atoms with Crippen molar-refractivity contribution < 1.29 is 13.2 Å². The number of sulfonamides is 1. The monoisotopic (exact) mass is 311 g/mol. The van der Waals surface area contributed by atoms with Gasteiger partial charge in [0.15, 0.2) is 0 Å². The molecule has 0 bridgehead atoms. The van der Waals surface area contributed by atoms with Gasteiger partial charge in [0.1, 0.15) is 0 Å². The molecule has 1 aromatic carbocycles. The van der Waals surface area contributed by atoms with Crippen LogP contribution in [0.4, 0.5) is 0 Å². The fraction of sp³-hybridized carbons (Fsp3) is 0.500. The van der Waals surface area contributed by atoms with Gasteiger partial charge in [-0.1, -0.05) is 6.07 Å². The first-order chi connectivity index (χ1) is 9.90. The highest BCUT2D eigenvalue weighted by Gasteiger charge is 2.20. The largest absolute Gasteiger partial charge is 0.366 e. The van der Waals surface area contributed by atoms with E-state index < -0.39 is 15.9 Å². The Hall–Kier alpha value is -1.44. The van der Waals surface area contributed by atoms with Crippen LogP contribution in [0, 0.1) is 12.8 Å². The summed E-state index contributed by atoms with van der Waals surface area (Å²) in [5.74, 6) is -0.324. The van der Waals surface area contributed by atoms with E-state index in [0.29, 0.717) is 18.0 Å². The lowest BCUT2D eigenvalue weighted by Crippen LogP contribution is -2.38. The molecule has 1 aliphatic rings. The van der Waals surface area contributed by atoms with E-state index in [-0.39, 0.29) is 10.5 Å². The van der Waals surface area contributed by atoms with Crippen molar-refractivity contribution in [3.8, 4) is 0 Å². The van der Waals surface area contributed by atoms with Gasteiger partial charge in [0.2, 0.25) is 15.9 Å². The molecule has 116 valence electrons. The lowest BCUT2D eigenvalue weighted by molar-refractivity contribution is 0.0999. The molecule has 0 spiro atoms. The van der Waals surface area contributed by atoms with Crippen molar-refractivity contribution >= 4 is 15.9 Å². The van der Waals surface area contributed by atoms with Crippen molar-refractivity contribution in [2.75, 3.05) is 19.6 Å². The molecule has 4 N–H and O–H groups in total. The zero-order chi connectivity index (χ0) is 15.5. The number of amides is 1. The molecule has 7 heteroatoms. The van der Waals surface area contributed by atoms with Gasteiger partial charge < -0.3 is 11.1 Å². The van der Waals surface area contributed by atoms with Crippen molar-refractivity contribution in [3.63, 3.8) is 0 Å². The normalized spacial score (nSPS) is 19.4. The lowest BCUT2D eigenvalue weighted by Gasteiger charge is -2.22. The fourth-order valence-corrected chi connectivity index (χ4v) is 3.58. The first-order valence-electron chi connectivity index (χ1n) is 7.01. The maximum Gasteiger partial charge on any atom is 0.249 e. The van der Waals surface area contributed by atoms with Gasteiger partial charge in [0, 0.05) is 12.1 Å². The summed E-state index contributed by atoms with van der Waals surface area (Å²) >= 11 is 0. The van der Waals surface area contributed by atoms with Crippen LogP contribution in [0.15, 0.2) is 23.1 Å². The fourth-order valence-electron chi connectivity index (χ4n) is 2.44. The van der Waals surface area contributed by atoms with Gasteiger partial charge in [-0.15, -0.1) is 0 Å². The molecule has 1 unspecified atom stereocenters. The molecule has 1 aromatic rings. The van der Waals surface area contributed by atoms with E-state index in [0.717, 1.165) is 25.9 Å². The van der Waals surface area contributed by atoms with Crippen LogP contribution in [0.5, 0.6) is 0 Å². The molecule has 0 aliphatic carbocycles. The summed E-state index contributed by atoms with van der Waals surface area (Å²) in [6.07, 6.45) is 2.07. The number of primary amides is 1. The number of hydrogen-bond donors (Lipinski definition) is 3. The molecule has 1 aliphatic heterocycles. The van der Waals surface area contributed by atoms with E-state index in [1.807, 2.05) is 0 Å². The second kappa shape index (κ2) is 6.55. The van der Waals surface area contributed by atoms with Crippen molar-refractivity contribution in [1.82, 2.24) is 10.0 Å². The number of piperidine rings is 1. The third-order valence-corrected chi connectivity index (χ3v) is 5.17. The highest BCUT2D eigenvalue weighted by atomic mass is 32.2. The van der Waals surface area contributed by atoms with E-state index >= 15 is 0 Å². The SMILES string of the molecule is Cc1ccc(S(=O)(=O)NCC2CCCNC2)cc1C(N)=O. The van der Waals surface area contributed by atoms with Crippen LogP contribution in [-0.2, 0) is 10.0 Å². The van der Waals surface area contributed by atoms with Gasteiger partial charge >= 0.3 is 0 Å². The van der Waals surface area contributed by atoms with Crippen molar-refractivity contribution in [3.05, 3.63) is 29.3 Å². The Morgan fingerprint density at radius 3 is 2.86 bits per heavy atom. The standard InChI is InChI=1S/C14H21N3O3S/c1-10-4-5-12(7-13(10)14(15)18)21(19,20)17-9-11-3-2-6-16-8-11/h4-5,7,11,16-17H,2-3,6,8-9H2,1H3,(H2,15,18). The molecule has 0 aromatic heterocycles. The minimum Gasteiger partial charge on any atom is -0.366 e. The molecule has 2 rings (SSSR count). The Bertz CT molecular complexity index is 622. The van der Waals surface area contributed by atoms with Gasteiger partial charge in [-0.3, -0.25) is 4.79 Å². The van der Waals surface area contributed by atoms with Gasteiger partial charge in [0.25, 0.3) is 0 Å². The first kappa shape index (κ1) is 15.9. The number of hydrogen-bond acceptors (Lipinski definition) is 4. The zero-order valence-electron chi connectivity index (χ0n) is 12.1. The molecular formula is C14H21N3O3S. The number of rotatable bonds is 5. The molecule has 1 atom stereocenters. The van der Waals surface area contributed by atoms with Crippen LogP contribution in [0.2, 0.25) is 0 Å². The van der Waals surface area contributed by atoms with Crippen LogP contribution in [0.3, 0.4) is 0 Å². The van der Waals surface area contributed by atoms with Crippen molar-refractivity contribution in [2.24, 2.45) is 11.7 Å². The first-order valence-corrected chi connectivity index (χ1v) is 8.49. The summed E-state index contributed by atoms with van der Waals surface area (Å²) < 4.78 is 27.2. The Morgan fingerprint density at radius 1 is 1.48 bits per heavy atom. The topological polar surface area (TPSA) is 101 Å². The predicted molar refractivity (Wildman–Crippen MR) is 80.5 cm³/mol. The zero-order valence-corrected chi connectivity index (χ0v) is 12.9.